The predicted octanol–water partition coefficient (Wildman–Crippen LogP) is 3.19. The van der Waals surface area contributed by atoms with Crippen LogP contribution in [0.3, 0.4) is 0 Å². The van der Waals surface area contributed by atoms with Gasteiger partial charge in [-0.1, -0.05) is 0 Å². The Balaban J connectivity index is 1.60. The molecule has 0 spiro atoms. The Bertz CT molecular complexity index is 1770. The number of nitrogen functional groups attached to an aromatic ring is 1. The molecule has 5 rings (SSSR count). The second-order valence-electron chi connectivity index (χ2n) is 10.0. The number of rotatable bonds is 9. The van der Waals surface area contributed by atoms with Gasteiger partial charge in [0.15, 0.2) is 0 Å². The molecule has 1 aliphatic rings. The lowest BCUT2D eigenvalue weighted by Gasteiger charge is -2.30. The second-order valence-corrected chi connectivity index (χ2v) is 11.7. The molecule has 0 unspecified atom stereocenters. The van der Waals surface area contributed by atoms with E-state index in [1.807, 2.05) is 0 Å². The molecule has 3 heterocycles. The third-order valence-corrected chi connectivity index (χ3v) is 8.66. The number of fused-ring (bicyclic) bond motifs is 1. The maximum atomic E-state index is 14.1. The van der Waals surface area contributed by atoms with Crippen molar-refractivity contribution in [2.45, 2.75) is 49.6 Å². The summed E-state index contributed by atoms with van der Waals surface area (Å²) in [5, 5.41) is 9.71. The fraction of sp³-hybridized carbons (Fsp3) is 0.357. The molecule has 1 fully saturated rings. The average Bonchev–Trinajstić information content (AvgIpc) is 2.96. The molecule has 0 atom stereocenters. The van der Waals surface area contributed by atoms with Crippen LogP contribution in [0, 0.1) is 12.7 Å². The van der Waals surface area contributed by atoms with E-state index in [2.05, 4.69) is 19.7 Å². The fourth-order valence-electron chi connectivity index (χ4n) is 5.26. The highest BCUT2D eigenvalue weighted by atomic mass is 32.2. The van der Waals surface area contributed by atoms with Gasteiger partial charge in [-0.05, 0) is 69.0 Å². The van der Waals surface area contributed by atoms with E-state index < -0.39 is 15.8 Å². The van der Waals surface area contributed by atoms with Crippen LogP contribution in [-0.2, 0) is 14.8 Å². The van der Waals surface area contributed by atoms with Crippen LogP contribution < -0.4 is 20.8 Å². The lowest BCUT2D eigenvalue weighted by molar-refractivity contribution is 0.00169. The number of hydrogen-bond donors (Lipinski definition) is 3. The van der Waals surface area contributed by atoms with E-state index in [-0.39, 0.29) is 58.9 Å². The van der Waals surface area contributed by atoms with Gasteiger partial charge in [0, 0.05) is 28.8 Å². The highest BCUT2D eigenvalue weighted by Gasteiger charge is 2.27. The Hall–Kier alpha value is -4.14. The lowest BCUT2D eigenvalue weighted by atomic mass is 9.92. The monoisotopic (exact) mass is 598 g/mol. The molecular weight excluding hydrogens is 567 g/mol. The minimum atomic E-state index is -4.14. The van der Waals surface area contributed by atoms with E-state index in [1.54, 1.807) is 17.6 Å². The molecule has 4 N–H and O–H groups in total. The van der Waals surface area contributed by atoms with Gasteiger partial charge in [0.2, 0.25) is 11.8 Å². The maximum absolute atomic E-state index is 14.1. The van der Waals surface area contributed by atoms with Gasteiger partial charge in [0.05, 0.1) is 37.0 Å². The molecule has 14 heteroatoms. The molecular formula is C28H31FN6O6S. The van der Waals surface area contributed by atoms with Gasteiger partial charge in [0.25, 0.3) is 15.6 Å². The first-order chi connectivity index (χ1) is 20.1. The Morgan fingerprint density at radius 2 is 1.86 bits per heavy atom. The SMILES string of the molecule is COc1ncc(-c2cc3c(C)nc(N)nc3n(C3CCC(OCCO)CC3)c2=O)cc1NS(=O)(=O)c1ccc(F)cc1. The number of nitrogens with one attached hydrogen (secondary N) is 1. The maximum Gasteiger partial charge on any atom is 0.262 e. The van der Waals surface area contributed by atoms with Crippen molar-refractivity contribution in [2.24, 2.45) is 0 Å². The molecule has 4 aromatic rings. The van der Waals surface area contributed by atoms with Gasteiger partial charge in [-0.15, -0.1) is 0 Å². The number of aliphatic hydroxyl groups is 1. The first kappa shape index (κ1) is 29.4. The molecule has 0 amide bonds. The van der Waals surface area contributed by atoms with Gasteiger partial charge in [-0.25, -0.2) is 22.8 Å². The largest absolute Gasteiger partial charge is 0.480 e. The number of sulfonamides is 1. The normalized spacial score (nSPS) is 17.3. The van der Waals surface area contributed by atoms with Gasteiger partial charge >= 0.3 is 0 Å². The molecule has 222 valence electrons. The number of anilines is 2. The molecule has 0 radical (unpaired) electrons. The van der Waals surface area contributed by atoms with Crippen LogP contribution >= 0.6 is 0 Å². The molecule has 3 aromatic heterocycles. The van der Waals surface area contributed by atoms with E-state index in [4.69, 9.17) is 20.3 Å². The minimum absolute atomic E-state index is 0.00260. The molecule has 0 saturated heterocycles. The number of ether oxygens (including phenoxy) is 2. The fourth-order valence-corrected chi connectivity index (χ4v) is 6.31. The first-order valence-corrected chi connectivity index (χ1v) is 14.8. The zero-order chi connectivity index (χ0) is 30.0. The lowest BCUT2D eigenvalue weighted by Crippen LogP contribution is -2.32. The standard InChI is InChI=1S/C28H31FN6O6S/c1-16-22-14-23(17-13-24(26(40-2)31-15-17)34-42(38,39)21-9-3-18(29)4-10-21)27(37)35(25(22)33-28(30)32-16)19-5-7-20(8-6-19)41-12-11-36/h3-4,9-10,13-15,19-20,34,36H,5-8,11-12H2,1-2H3,(H2,30,32,33). The van der Waals surface area contributed by atoms with Gasteiger partial charge in [0.1, 0.15) is 17.2 Å². The Morgan fingerprint density at radius 3 is 2.52 bits per heavy atom. The topological polar surface area (TPSA) is 172 Å². The molecule has 1 aliphatic carbocycles. The number of aryl methyl sites for hydroxylation is 1. The van der Waals surface area contributed by atoms with Crippen LogP contribution in [0.25, 0.3) is 22.2 Å². The molecule has 0 bridgehead atoms. The molecule has 0 aliphatic heterocycles. The van der Waals surface area contributed by atoms with Crippen molar-refractivity contribution in [1.82, 2.24) is 19.5 Å². The summed E-state index contributed by atoms with van der Waals surface area (Å²) in [7, 11) is -2.80. The van der Waals surface area contributed by atoms with Crippen molar-refractivity contribution < 1.29 is 27.4 Å². The van der Waals surface area contributed by atoms with Crippen LogP contribution in [0.15, 0.2) is 52.3 Å². The van der Waals surface area contributed by atoms with E-state index in [1.165, 1.54) is 19.4 Å². The molecule has 1 saturated carbocycles. The summed E-state index contributed by atoms with van der Waals surface area (Å²) in [4.78, 5) is 26.9. The summed E-state index contributed by atoms with van der Waals surface area (Å²) in [5.74, 6) is -0.543. The van der Waals surface area contributed by atoms with Crippen molar-refractivity contribution in [1.29, 1.82) is 0 Å². The second kappa shape index (κ2) is 12.0. The Morgan fingerprint density at radius 1 is 1.14 bits per heavy atom. The number of aromatic nitrogens is 4. The predicted molar refractivity (Wildman–Crippen MR) is 154 cm³/mol. The van der Waals surface area contributed by atoms with Crippen molar-refractivity contribution in [3.63, 3.8) is 0 Å². The van der Waals surface area contributed by atoms with Crippen LogP contribution in [0.5, 0.6) is 5.88 Å². The quantitative estimate of drug-likeness (QED) is 0.260. The summed E-state index contributed by atoms with van der Waals surface area (Å²) >= 11 is 0. The number of halogens is 1. The number of pyridine rings is 2. The zero-order valence-corrected chi connectivity index (χ0v) is 23.9. The summed E-state index contributed by atoms with van der Waals surface area (Å²) in [6.07, 6.45) is 4.09. The molecule has 1 aromatic carbocycles. The highest BCUT2D eigenvalue weighted by Crippen LogP contribution is 2.34. The van der Waals surface area contributed by atoms with Crippen LogP contribution in [0.2, 0.25) is 0 Å². The minimum Gasteiger partial charge on any atom is -0.480 e. The molecule has 42 heavy (non-hydrogen) atoms. The summed E-state index contributed by atoms with van der Waals surface area (Å²) in [6, 6.07) is 7.28. The van der Waals surface area contributed by atoms with Crippen LogP contribution in [-0.4, -0.2) is 59.5 Å². The van der Waals surface area contributed by atoms with Gasteiger partial charge < -0.3 is 20.3 Å². The van der Waals surface area contributed by atoms with Crippen molar-refractivity contribution in [3.8, 4) is 17.0 Å². The third kappa shape index (κ3) is 5.91. The van der Waals surface area contributed by atoms with Gasteiger partial charge in [-0.2, -0.15) is 4.98 Å². The van der Waals surface area contributed by atoms with Crippen molar-refractivity contribution >= 4 is 32.7 Å². The van der Waals surface area contributed by atoms with Crippen LogP contribution in [0.4, 0.5) is 16.0 Å². The third-order valence-electron chi connectivity index (χ3n) is 7.28. The van der Waals surface area contributed by atoms with Crippen LogP contribution in [0.1, 0.15) is 37.4 Å². The Kier molecular flexibility index (Phi) is 8.38. The number of aliphatic hydroxyl groups excluding tert-OH is 1. The van der Waals surface area contributed by atoms with Gasteiger partial charge in [-0.3, -0.25) is 14.1 Å². The summed E-state index contributed by atoms with van der Waals surface area (Å²) in [6.45, 7) is 1.97. The highest BCUT2D eigenvalue weighted by molar-refractivity contribution is 7.92. The zero-order valence-electron chi connectivity index (χ0n) is 23.1. The summed E-state index contributed by atoms with van der Waals surface area (Å²) < 4.78 is 54.6. The average molecular weight is 599 g/mol. The smallest absolute Gasteiger partial charge is 0.262 e. The number of benzene rings is 1. The number of hydrogen-bond acceptors (Lipinski definition) is 10. The Labute approximate surface area is 241 Å². The molecule has 12 nitrogen and oxygen atoms in total. The number of nitrogens with zero attached hydrogens (tertiary/aromatic N) is 4. The van der Waals surface area contributed by atoms with E-state index >= 15 is 0 Å². The van der Waals surface area contributed by atoms with E-state index in [9.17, 15) is 17.6 Å². The summed E-state index contributed by atoms with van der Waals surface area (Å²) in [5.41, 5.74) is 7.21. The number of nitrogens with two attached hydrogens (primary N) is 1. The van der Waals surface area contributed by atoms with Crippen molar-refractivity contribution in [2.75, 3.05) is 30.8 Å². The first-order valence-electron chi connectivity index (χ1n) is 13.4. The van der Waals surface area contributed by atoms with E-state index in [0.717, 1.165) is 24.3 Å². The number of methoxy groups -OCH3 is 1. The van der Waals surface area contributed by atoms with Crippen molar-refractivity contribution in [3.05, 3.63) is 64.5 Å². The van der Waals surface area contributed by atoms with E-state index in [0.29, 0.717) is 48.0 Å².